The van der Waals surface area contributed by atoms with Gasteiger partial charge in [0, 0.05) is 30.9 Å². The zero-order chi connectivity index (χ0) is 26.0. The minimum absolute atomic E-state index is 0.0543. The maximum absolute atomic E-state index is 12.8. The van der Waals surface area contributed by atoms with E-state index in [1.165, 1.54) is 22.9 Å². The second-order valence-electron chi connectivity index (χ2n) is 8.81. The minimum Gasteiger partial charge on any atom is -0.494 e. The van der Waals surface area contributed by atoms with Crippen LogP contribution in [0, 0.1) is 0 Å². The maximum Gasteiger partial charge on any atom is 0.415 e. The van der Waals surface area contributed by atoms with Crippen molar-refractivity contribution in [2.45, 2.75) is 26.4 Å². The van der Waals surface area contributed by atoms with Crippen LogP contribution in [-0.4, -0.2) is 66.0 Å². The second kappa shape index (κ2) is 10.1. The zero-order valence-corrected chi connectivity index (χ0v) is 21.1. The number of methoxy groups -OCH3 is 1. The maximum atomic E-state index is 12.8. The number of carbonyl (C=O) groups is 2. The highest BCUT2D eigenvalue weighted by Crippen LogP contribution is 2.41. The predicted molar refractivity (Wildman–Crippen MR) is 134 cm³/mol. The Morgan fingerprint density at radius 2 is 2.03 bits per heavy atom. The summed E-state index contributed by atoms with van der Waals surface area (Å²) in [7, 11) is 1.50. The minimum atomic E-state index is -0.712. The van der Waals surface area contributed by atoms with Crippen LogP contribution < -0.4 is 25.4 Å². The fourth-order valence-electron chi connectivity index (χ4n) is 3.61. The van der Waals surface area contributed by atoms with Crippen LogP contribution in [0.3, 0.4) is 0 Å². The van der Waals surface area contributed by atoms with Gasteiger partial charge in [-0.1, -0.05) is 11.6 Å². The first kappa shape index (κ1) is 25.3. The third-order valence-corrected chi connectivity index (χ3v) is 5.28. The average molecular weight is 519 g/mol. The van der Waals surface area contributed by atoms with Crippen molar-refractivity contribution in [2.75, 3.05) is 43.6 Å². The number of hydrogen-bond acceptors (Lipinski definition) is 9. The number of nitrogens with zero attached hydrogens (tertiary/aromatic N) is 4. The lowest BCUT2D eigenvalue weighted by Crippen LogP contribution is -2.41. The van der Waals surface area contributed by atoms with Crippen LogP contribution in [0.2, 0.25) is 5.15 Å². The fourth-order valence-corrected chi connectivity index (χ4v) is 3.77. The monoisotopic (exact) mass is 518 g/mol. The first-order valence-corrected chi connectivity index (χ1v) is 11.5. The summed E-state index contributed by atoms with van der Waals surface area (Å²) in [6, 6.07) is 4.97. The number of nitrogens with one attached hydrogen (secondary N) is 1. The molecule has 2 aromatic heterocycles. The molecule has 2 amide bonds. The van der Waals surface area contributed by atoms with Crippen LogP contribution in [-0.2, 0) is 9.47 Å². The molecular weight excluding hydrogens is 492 g/mol. The van der Waals surface area contributed by atoms with E-state index >= 15 is 0 Å². The summed E-state index contributed by atoms with van der Waals surface area (Å²) in [5, 5.41) is 7.88. The number of fused-ring (bicyclic) bond motifs is 2. The van der Waals surface area contributed by atoms with Gasteiger partial charge in [0.05, 0.1) is 30.2 Å². The summed E-state index contributed by atoms with van der Waals surface area (Å²) in [6.07, 6.45) is 0.285. The van der Waals surface area contributed by atoms with Gasteiger partial charge in [-0.3, -0.25) is 10.2 Å². The molecule has 0 bridgehead atoms. The lowest BCUT2D eigenvalue weighted by atomic mass is 10.2. The molecule has 1 aliphatic rings. The van der Waals surface area contributed by atoms with Gasteiger partial charge >= 0.3 is 12.2 Å². The third-order valence-electron chi connectivity index (χ3n) is 5.07. The molecule has 0 radical (unpaired) electrons. The zero-order valence-electron chi connectivity index (χ0n) is 20.3. The Labute approximate surface area is 212 Å². The molecule has 1 aliphatic heterocycles. The Morgan fingerprint density at radius 1 is 1.25 bits per heavy atom. The molecule has 0 saturated heterocycles. The molecule has 13 heteroatoms. The van der Waals surface area contributed by atoms with E-state index in [9.17, 15) is 9.59 Å². The van der Waals surface area contributed by atoms with Crippen molar-refractivity contribution in [1.82, 2.24) is 14.8 Å². The lowest BCUT2D eigenvalue weighted by molar-refractivity contribution is 0.0567. The van der Waals surface area contributed by atoms with Crippen molar-refractivity contribution in [3.8, 4) is 17.2 Å². The van der Waals surface area contributed by atoms with E-state index in [-0.39, 0.29) is 30.7 Å². The fraction of sp³-hybridized carbons (Fsp3) is 0.391. The topological polar surface area (TPSA) is 143 Å². The van der Waals surface area contributed by atoms with Gasteiger partial charge in [-0.05, 0) is 20.8 Å². The Bertz CT molecular complexity index is 1300. The van der Waals surface area contributed by atoms with Gasteiger partial charge in [-0.25, -0.2) is 19.3 Å². The summed E-state index contributed by atoms with van der Waals surface area (Å²) < 4.78 is 23.6. The number of rotatable bonds is 5. The molecule has 0 spiro atoms. The van der Waals surface area contributed by atoms with Gasteiger partial charge in [0.1, 0.15) is 41.2 Å². The van der Waals surface area contributed by atoms with E-state index in [0.717, 1.165) is 0 Å². The van der Waals surface area contributed by atoms with Crippen LogP contribution in [0.5, 0.6) is 11.5 Å². The summed E-state index contributed by atoms with van der Waals surface area (Å²) in [5.74, 6) is 1.03. The first-order chi connectivity index (χ1) is 17.1. The van der Waals surface area contributed by atoms with Crippen molar-refractivity contribution in [1.29, 1.82) is 0 Å². The van der Waals surface area contributed by atoms with E-state index in [1.54, 1.807) is 39.0 Å². The molecule has 1 aromatic carbocycles. The van der Waals surface area contributed by atoms with E-state index in [1.807, 2.05) is 0 Å². The van der Waals surface area contributed by atoms with E-state index < -0.39 is 17.8 Å². The van der Waals surface area contributed by atoms with Gasteiger partial charge in [-0.2, -0.15) is 0 Å². The smallest absolute Gasteiger partial charge is 0.415 e. The molecule has 0 aliphatic carbocycles. The van der Waals surface area contributed by atoms with Gasteiger partial charge in [0.25, 0.3) is 0 Å². The van der Waals surface area contributed by atoms with Crippen LogP contribution in [0.4, 0.5) is 21.1 Å². The number of anilines is 2. The number of aromatic nitrogens is 3. The first-order valence-electron chi connectivity index (χ1n) is 11.1. The Morgan fingerprint density at radius 3 is 2.72 bits per heavy atom. The summed E-state index contributed by atoms with van der Waals surface area (Å²) in [6.45, 7) is 6.23. The quantitative estimate of drug-likeness (QED) is 0.483. The number of nitrogens with two attached hydrogens (primary N) is 1. The summed E-state index contributed by atoms with van der Waals surface area (Å²) in [5.41, 5.74) is 6.26. The van der Waals surface area contributed by atoms with Gasteiger partial charge in [-0.15, -0.1) is 5.10 Å². The molecule has 3 aromatic rings. The Balaban J connectivity index is 1.80. The average Bonchev–Trinajstić information content (AvgIpc) is 3.17. The molecule has 0 atom stereocenters. The second-order valence-corrected chi connectivity index (χ2v) is 9.19. The van der Waals surface area contributed by atoms with Crippen LogP contribution >= 0.6 is 11.6 Å². The Hall–Kier alpha value is -3.77. The van der Waals surface area contributed by atoms with Crippen LogP contribution in [0.25, 0.3) is 16.6 Å². The highest BCUT2D eigenvalue weighted by atomic mass is 35.5. The van der Waals surface area contributed by atoms with Crippen LogP contribution in [0.1, 0.15) is 20.8 Å². The molecule has 0 fully saturated rings. The number of benzene rings is 1. The number of carbonyl (C=O) groups excluding carboxylic acids is 2. The largest absolute Gasteiger partial charge is 0.494 e. The molecule has 0 saturated carbocycles. The van der Waals surface area contributed by atoms with Crippen molar-refractivity contribution >= 4 is 46.2 Å². The van der Waals surface area contributed by atoms with Gasteiger partial charge < -0.3 is 24.7 Å². The van der Waals surface area contributed by atoms with Gasteiger partial charge in [0.15, 0.2) is 5.82 Å². The number of amides is 2. The molecule has 3 heterocycles. The molecule has 3 N–H and O–H groups in total. The SMILES string of the molecule is COc1cc2c(cc1-n1nc(NC(=O)OCCN)c3cnc(Cl)cc31)OCCN2C(=O)OC(C)(C)C. The normalized spacial score (nSPS) is 13.1. The van der Waals surface area contributed by atoms with Gasteiger partial charge in [0.2, 0.25) is 0 Å². The van der Waals surface area contributed by atoms with Crippen molar-refractivity contribution < 1.29 is 28.5 Å². The summed E-state index contributed by atoms with van der Waals surface area (Å²) in [4.78, 5) is 30.6. The van der Waals surface area contributed by atoms with Crippen molar-refractivity contribution in [3.63, 3.8) is 0 Å². The van der Waals surface area contributed by atoms with E-state index in [4.69, 9.17) is 36.3 Å². The number of ether oxygens (including phenoxy) is 4. The number of pyridine rings is 1. The standard InChI is InChI=1S/C23H27ClN6O6/c1-23(2,3)36-22(32)29-6-8-34-18-10-16(17(33-4)9-15(18)29)30-14-11-19(24)26-12-13(14)20(28-30)27-21(31)35-7-5-25/h9-12H,5-8,25H2,1-4H3,(H,27,28,31). The molecule has 4 rings (SSSR count). The molecule has 192 valence electrons. The lowest BCUT2D eigenvalue weighted by Gasteiger charge is -2.32. The highest BCUT2D eigenvalue weighted by molar-refractivity contribution is 6.30. The predicted octanol–water partition coefficient (Wildman–Crippen LogP) is 3.72. The van der Waals surface area contributed by atoms with E-state index in [0.29, 0.717) is 40.3 Å². The van der Waals surface area contributed by atoms with E-state index in [2.05, 4.69) is 15.4 Å². The molecule has 12 nitrogen and oxygen atoms in total. The molecule has 0 unspecified atom stereocenters. The number of halogens is 1. The Kier molecular flexibility index (Phi) is 7.09. The third kappa shape index (κ3) is 5.24. The van der Waals surface area contributed by atoms with Crippen molar-refractivity contribution in [3.05, 3.63) is 29.5 Å². The highest BCUT2D eigenvalue weighted by Gasteiger charge is 2.30. The molecular formula is C23H27ClN6O6. The molecule has 36 heavy (non-hydrogen) atoms. The number of hydrogen-bond donors (Lipinski definition) is 2. The van der Waals surface area contributed by atoms with Crippen molar-refractivity contribution in [2.24, 2.45) is 5.73 Å². The summed E-state index contributed by atoms with van der Waals surface area (Å²) >= 11 is 6.17. The van der Waals surface area contributed by atoms with Crippen LogP contribution in [0.15, 0.2) is 24.4 Å².